The number of rotatable bonds is 5. The first-order chi connectivity index (χ1) is 12.1. The van der Waals surface area contributed by atoms with Gasteiger partial charge in [-0.05, 0) is 42.5 Å². The number of thiophene rings is 1. The molecular weight excluding hydrogens is 332 g/mol. The van der Waals surface area contributed by atoms with Crippen molar-refractivity contribution in [3.05, 3.63) is 76.5 Å². The second kappa shape index (κ2) is 7.36. The number of aliphatic carboxylic acids is 1. The van der Waals surface area contributed by atoms with Crippen molar-refractivity contribution >= 4 is 33.8 Å². The minimum atomic E-state index is -0.941. The zero-order valence-electron chi connectivity index (χ0n) is 14.0. The molecule has 2 heterocycles. The average molecular weight is 350 g/mol. The summed E-state index contributed by atoms with van der Waals surface area (Å²) < 4.78 is 6.10. The first-order valence-corrected chi connectivity index (χ1v) is 8.81. The van der Waals surface area contributed by atoms with Gasteiger partial charge in [-0.3, -0.25) is 0 Å². The van der Waals surface area contributed by atoms with Crippen molar-refractivity contribution in [2.75, 3.05) is 0 Å². The fourth-order valence-corrected chi connectivity index (χ4v) is 3.34. The molecule has 1 aromatic carbocycles. The molecule has 0 bridgehead atoms. The van der Waals surface area contributed by atoms with Crippen LogP contribution in [0.1, 0.15) is 19.4 Å². The molecule has 3 nitrogen and oxygen atoms in total. The molecule has 3 rings (SSSR count). The highest BCUT2D eigenvalue weighted by molar-refractivity contribution is 7.08. The van der Waals surface area contributed by atoms with E-state index >= 15 is 0 Å². The highest BCUT2D eigenvalue weighted by Crippen LogP contribution is 2.38. The minimum Gasteiger partial charge on any atom is -0.478 e. The third-order valence-electron chi connectivity index (χ3n) is 3.83. The Morgan fingerprint density at radius 1 is 1.20 bits per heavy atom. The number of allylic oxidation sites excluding steroid dienone is 5. The summed E-state index contributed by atoms with van der Waals surface area (Å²) in [5, 5.41) is 13.9. The van der Waals surface area contributed by atoms with Gasteiger partial charge < -0.3 is 9.52 Å². The van der Waals surface area contributed by atoms with Crippen molar-refractivity contribution in [1.82, 2.24) is 0 Å². The molecule has 4 heteroatoms. The fraction of sp³-hybridized carbons (Fsp3) is 0.0952. The number of carboxylic acids is 1. The molecule has 0 atom stereocenters. The molecule has 0 aliphatic heterocycles. The van der Waals surface area contributed by atoms with Crippen LogP contribution in [0.2, 0.25) is 0 Å². The van der Waals surface area contributed by atoms with Crippen LogP contribution in [0.15, 0.2) is 75.4 Å². The molecule has 126 valence electrons. The van der Waals surface area contributed by atoms with Crippen LogP contribution in [0, 0.1) is 0 Å². The summed E-state index contributed by atoms with van der Waals surface area (Å²) >= 11 is 1.64. The van der Waals surface area contributed by atoms with Crippen LogP contribution < -0.4 is 0 Å². The molecule has 2 aromatic heterocycles. The Kier molecular flexibility index (Phi) is 5.00. The molecule has 0 spiro atoms. The molecule has 0 aliphatic rings. The Morgan fingerprint density at radius 2 is 2.00 bits per heavy atom. The van der Waals surface area contributed by atoms with E-state index in [1.807, 2.05) is 42.7 Å². The average Bonchev–Trinajstić information content (AvgIpc) is 3.21. The molecule has 0 radical (unpaired) electrons. The first kappa shape index (κ1) is 17.0. The summed E-state index contributed by atoms with van der Waals surface area (Å²) in [7, 11) is 0. The quantitative estimate of drug-likeness (QED) is 0.443. The summed E-state index contributed by atoms with van der Waals surface area (Å²) in [6.45, 7) is 3.80. The summed E-state index contributed by atoms with van der Waals surface area (Å²) in [5.74, 6) is -0.0779. The van der Waals surface area contributed by atoms with Gasteiger partial charge in [0.2, 0.25) is 0 Å². The maximum Gasteiger partial charge on any atom is 0.328 e. The molecule has 0 fully saturated rings. The zero-order valence-corrected chi connectivity index (χ0v) is 14.8. The second-order valence-corrected chi connectivity index (χ2v) is 6.53. The van der Waals surface area contributed by atoms with Crippen molar-refractivity contribution in [3.63, 3.8) is 0 Å². The molecule has 0 unspecified atom stereocenters. The largest absolute Gasteiger partial charge is 0.478 e. The lowest BCUT2D eigenvalue weighted by Gasteiger charge is -2.01. The van der Waals surface area contributed by atoms with Crippen LogP contribution in [0.5, 0.6) is 0 Å². The smallest absolute Gasteiger partial charge is 0.328 e. The molecule has 0 saturated heterocycles. The molecule has 0 amide bonds. The van der Waals surface area contributed by atoms with E-state index in [0.717, 1.165) is 33.4 Å². The maximum absolute atomic E-state index is 10.7. The Bertz CT molecular complexity index is 986. The van der Waals surface area contributed by atoms with Crippen LogP contribution in [-0.4, -0.2) is 11.1 Å². The lowest BCUT2D eigenvalue weighted by atomic mass is 10.0. The third kappa shape index (κ3) is 3.80. The molecule has 25 heavy (non-hydrogen) atoms. The predicted molar refractivity (Wildman–Crippen MR) is 104 cm³/mol. The lowest BCUT2D eigenvalue weighted by Crippen LogP contribution is -1.87. The monoisotopic (exact) mass is 350 g/mol. The summed E-state index contributed by atoms with van der Waals surface area (Å²) in [5.41, 5.74) is 4.74. The topological polar surface area (TPSA) is 50.4 Å². The van der Waals surface area contributed by atoms with Crippen LogP contribution >= 0.6 is 11.3 Å². The van der Waals surface area contributed by atoms with E-state index in [4.69, 9.17) is 9.52 Å². The Hall–Kier alpha value is -2.85. The number of furan rings is 1. The second-order valence-electron chi connectivity index (χ2n) is 5.75. The zero-order chi connectivity index (χ0) is 17.8. The van der Waals surface area contributed by atoms with Gasteiger partial charge in [-0.25, -0.2) is 4.79 Å². The maximum atomic E-state index is 10.7. The summed E-state index contributed by atoms with van der Waals surface area (Å²) in [4.78, 5) is 10.7. The highest BCUT2D eigenvalue weighted by atomic mass is 32.1. The van der Waals surface area contributed by atoms with Crippen LogP contribution in [0.3, 0.4) is 0 Å². The van der Waals surface area contributed by atoms with Crippen LogP contribution in [-0.2, 0) is 4.79 Å². The molecular formula is C21H18O3S. The van der Waals surface area contributed by atoms with Crippen molar-refractivity contribution in [2.24, 2.45) is 0 Å². The van der Waals surface area contributed by atoms with Gasteiger partial charge in [0.15, 0.2) is 0 Å². The fourth-order valence-electron chi connectivity index (χ4n) is 2.70. The number of para-hydroxylation sites is 1. The van der Waals surface area contributed by atoms with E-state index < -0.39 is 5.97 Å². The van der Waals surface area contributed by atoms with Gasteiger partial charge in [-0.15, -0.1) is 0 Å². The van der Waals surface area contributed by atoms with Gasteiger partial charge >= 0.3 is 5.97 Å². The number of hydrogen-bond donors (Lipinski definition) is 1. The van der Waals surface area contributed by atoms with Crippen LogP contribution in [0.25, 0.3) is 27.9 Å². The number of benzene rings is 1. The van der Waals surface area contributed by atoms with E-state index in [2.05, 4.69) is 17.5 Å². The van der Waals surface area contributed by atoms with Crippen molar-refractivity contribution in [1.29, 1.82) is 0 Å². The van der Waals surface area contributed by atoms with Crippen molar-refractivity contribution < 1.29 is 14.3 Å². The SMILES string of the molecule is C/C(=C/C=C/C(C)=C/C(=O)O)c1c(-c2ccsc2)oc2ccccc12. The minimum absolute atomic E-state index is 0.687. The Balaban J connectivity index is 2.05. The van der Waals surface area contributed by atoms with Gasteiger partial charge in [-0.1, -0.05) is 36.4 Å². The van der Waals surface area contributed by atoms with E-state index in [1.165, 1.54) is 6.08 Å². The van der Waals surface area contributed by atoms with E-state index in [1.54, 1.807) is 24.3 Å². The highest BCUT2D eigenvalue weighted by Gasteiger charge is 2.16. The van der Waals surface area contributed by atoms with Crippen LogP contribution in [0.4, 0.5) is 0 Å². The van der Waals surface area contributed by atoms with Gasteiger partial charge in [0.1, 0.15) is 11.3 Å². The summed E-state index contributed by atoms with van der Waals surface area (Å²) in [6, 6.07) is 10.0. The van der Waals surface area contributed by atoms with Gasteiger partial charge in [0.25, 0.3) is 0 Å². The molecule has 1 N–H and O–H groups in total. The van der Waals surface area contributed by atoms with Crippen molar-refractivity contribution in [2.45, 2.75) is 13.8 Å². The number of fused-ring (bicyclic) bond motifs is 1. The first-order valence-electron chi connectivity index (χ1n) is 7.87. The summed E-state index contributed by atoms with van der Waals surface area (Å²) in [6.07, 6.45) is 6.81. The Labute approximate surface area is 150 Å². The van der Waals surface area contributed by atoms with Gasteiger partial charge in [0, 0.05) is 28.0 Å². The van der Waals surface area contributed by atoms with Crippen molar-refractivity contribution in [3.8, 4) is 11.3 Å². The molecule has 0 aliphatic carbocycles. The number of hydrogen-bond acceptors (Lipinski definition) is 3. The Morgan fingerprint density at radius 3 is 2.72 bits per heavy atom. The molecule has 3 aromatic rings. The van der Waals surface area contributed by atoms with Gasteiger partial charge in [-0.2, -0.15) is 11.3 Å². The number of carbonyl (C=O) groups is 1. The van der Waals surface area contributed by atoms with E-state index in [9.17, 15) is 4.79 Å². The third-order valence-corrected chi connectivity index (χ3v) is 4.51. The van der Waals surface area contributed by atoms with E-state index in [-0.39, 0.29) is 0 Å². The lowest BCUT2D eigenvalue weighted by molar-refractivity contribution is -0.131. The standard InChI is InChI=1S/C21H18O3S/c1-14(12-19(22)23)6-5-7-15(2)20-17-8-3-4-9-18(17)24-21(20)16-10-11-25-13-16/h3-13H,1-2H3,(H,22,23)/b6-5+,14-12+,15-7-. The van der Waals surface area contributed by atoms with Gasteiger partial charge in [0.05, 0.1) is 0 Å². The normalized spacial score (nSPS) is 13.0. The molecule has 0 saturated carbocycles. The predicted octanol–water partition coefficient (Wildman–Crippen LogP) is 6.15. The number of carboxylic acid groups (broad SMARTS) is 1. The van der Waals surface area contributed by atoms with E-state index in [0.29, 0.717) is 5.57 Å².